The Bertz CT molecular complexity index is 1140. The lowest BCUT2D eigenvalue weighted by atomic mass is 9.96. The van der Waals surface area contributed by atoms with Crippen LogP contribution in [0.25, 0.3) is 0 Å². The van der Waals surface area contributed by atoms with E-state index >= 15 is 0 Å². The van der Waals surface area contributed by atoms with Crippen molar-refractivity contribution in [2.24, 2.45) is 5.10 Å². The molecule has 2 atom stereocenters. The first kappa shape index (κ1) is 21.3. The number of nitriles is 1. The van der Waals surface area contributed by atoms with E-state index in [1.807, 2.05) is 65.7 Å². The van der Waals surface area contributed by atoms with Crippen LogP contribution in [-0.4, -0.2) is 32.0 Å². The van der Waals surface area contributed by atoms with Crippen LogP contribution in [-0.2, 0) is 0 Å². The fourth-order valence-electron chi connectivity index (χ4n) is 3.98. The standard InChI is InChI=1S/C26H25N3O3/c1-30-21-12-9-18(10-13-21)22-16-23(19-7-5-4-6-8-19)29(28-22)24(17-27)20-11-14-25(31-2)26(15-20)32-3/h4-15,23-24H,16H2,1-3H3/t23-,24-/m1/s1. The number of benzene rings is 3. The summed E-state index contributed by atoms with van der Waals surface area (Å²) in [6.07, 6.45) is 0.696. The smallest absolute Gasteiger partial charge is 0.161 e. The van der Waals surface area contributed by atoms with Crippen LogP contribution in [0.2, 0.25) is 0 Å². The second-order valence-corrected chi connectivity index (χ2v) is 7.43. The first-order chi connectivity index (χ1) is 15.7. The third kappa shape index (κ3) is 4.10. The number of hydrogen-bond donors (Lipinski definition) is 0. The van der Waals surface area contributed by atoms with Crippen molar-refractivity contribution >= 4 is 5.71 Å². The van der Waals surface area contributed by atoms with Crippen LogP contribution in [0, 0.1) is 11.3 Å². The van der Waals surface area contributed by atoms with Crippen molar-refractivity contribution in [3.63, 3.8) is 0 Å². The minimum absolute atomic E-state index is 0.0638. The molecule has 1 aliphatic heterocycles. The second kappa shape index (κ2) is 9.44. The van der Waals surface area contributed by atoms with Crippen molar-refractivity contribution < 1.29 is 14.2 Å². The summed E-state index contributed by atoms with van der Waals surface area (Å²) in [4.78, 5) is 0. The van der Waals surface area contributed by atoms with Crippen molar-refractivity contribution in [2.75, 3.05) is 21.3 Å². The molecule has 32 heavy (non-hydrogen) atoms. The van der Waals surface area contributed by atoms with Gasteiger partial charge in [0.05, 0.1) is 39.2 Å². The zero-order chi connectivity index (χ0) is 22.5. The van der Waals surface area contributed by atoms with E-state index in [4.69, 9.17) is 19.3 Å². The van der Waals surface area contributed by atoms with Gasteiger partial charge < -0.3 is 14.2 Å². The molecule has 0 bridgehead atoms. The summed E-state index contributed by atoms with van der Waals surface area (Å²) in [6, 6.07) is 25.4. The monoisotopic (exact) mass is 427 g/mol. The largest absolute Gasteiger partial charge is 0.497 e. The van der Waals surface area contributed by atoms with Gasteiger partial charge in [0.25, 0.3) is 0 Å². The molecule has 3 aromatic carbocycles. The van der Waals surface area contributed by atoms with Gasteiger partial charge in [0.1, 0.15) is 5.75 Å². The number of methoxy groups -OCH3 is 3. The van der Waals surface area contributed by atoms with Crippen LogP contribution in [0.15, 0.2) is 77.9 Å². The minimum Gasteiger partial charge on any atom is -0.497 e. The lowest BCUT2D eigenvalue weighted by Crippen LogP contribution is -2.24. The van der Waals surface area contributed by atoms with Crippen molar-refractivity contribution in [3.05, 3.63) is 89.5 Å². The molecule has 0 radical (unpaired) electrons. The van der Waals surface area contributed by atoms with Gasteiger partial charge in [-0.3, -0.25) is 5.01 Å². The lowest BCUT2D eigenvalue weighted by Gasteiger charge is -2.28. The summed E-state index contributed by atoms with van der Waals surface area (Å²) in [5.74, 6) is 2.00. The van der Waals surface area contributed by atoms with Crippen LogP contribution in [0.5, 0.6) is 17.2 Å². The molecule has 6 nitrogen and oxygen atoms in total. The third-order valence-corrected chi connectivity index (χ3v) is 5.66. The van der Waals surface area contributed by atoms with Gasteiger partial charge in [-0.2, -0.15) is 10.4 Å². The van der Waals surface area contributed by atoms with E-state index in [2.05, 4.69) is 18.2 Å². The molecular weight excluding hydrogens is 402 g/mol. The molecule has 0 aromatic heterocycles. The number of nitrogens with zero attached hydrogens (tertiary/aromatic N) is 3. The number of hydrazone groups is 1. The summed E-state index contributed by atoms with van der Waals surface area (Å²) < 4.78 is 16.1. The molecule has 0 aliphatic carbocycles. The molecular formula is C26H25N3O3. The van der Waals surface area contributed by atoms with Gasteiger partial charge in [-0.1, -0.05) is 36.4 Å². The maximum atomic E-state index is 10.2. The van der Waals surface area contributed by atoms with Crippen LogP contribution in [0.4, 0.5) is 0 Å². The third-order valence-electron chi connectivity index (χ3n) is 5.66. The molecule has 4 rings (SSSR count). The predicted octanol–water partition coefficient (Wildman–Crippen LogP) is 5.13. The molecule has 162 valence electrons. The van der Waals surface area contributed by atoms with E-state index in [9.17, 15) is 5.26 Å². The number of hydrogen-bond acceptors (Lipinski definition) is 6. The number of ether oxygens (including phenoxy) is 3. The summed E-state index contributed by atoms with van der Waals surface area (Å²) in [6.45, 7) is 0. The van der Waals surface area contributed by atoms with Gasteiger partial charge in [0, 0.05) is 6.42 Å². The fraction of sp³-hybridized carbons (Fsp3) is 0.231. The Hall–Kier alpha value is -3.98. The van der Waals surface area contributed by atoms with Crippen molar-refractivity contribution in [3.8, 4) is 23.3 Å². The van der Waals surface area contributed by atoms with Crippen LogP contribution in [0.3, 0.4) is 0 Å². The summed E-state index contributed by atoms with van der Waals surface area (Å²) in [7, 11) is 4.83. The molecule has 0 spiro atoms. The highest BCUT2D eigenvalue weighted by molar-refractivity contribution is 6.02. The first-order valence-electron chi connectivity index (χ1n) is 10.3. The molecule has 0 saturated carbocycles. The Morgan fingerprint density at radius 3 is 2.25 bits per heavy atom. The second-order valence-electron chi connectivity index (χ2n) is 7.43. The molecule has 0 N–H and O–H groups in total. The molecule has 0 unspecified atom stereocenters. The van der Waals surface area contributed by atoms with E-state index in [-0.39, 0.29) is 6.04 Å². The summed E-state index contributed by atoms with van der Waals surface area (Å²) in [5.41, 5.74) is 3.85. The molecule has 1 heterocycles. The van der Waals surface area contributed by atoms with Crippen molar-refractivity contribution in [2.45, 2.75) is 18.5 Å². The summed E-state index contributed by atoms with van der Waals surface area (Å²) in [5, 5.41) is 17.0. The average molecular weight is 428 g/mol. The van der Waals surface area contributed by atoms with E-state index in [0.29, 0.717) is 17.9 Å². The van der Waals surface area contributed by atoms with Gasteiger partial charge in [-0.25, -0.2) is 0 Å². The van der Waals surface area contributed by atoms with Crippen molar-refractivity contribution in [1.82, 2.24) is 5.01 Å². The molecule has 0 amide bonds. The maximum Gasteiger partial charge on any atom is 0.161 e. The van der Waals surface area contributed by atoms with Gasteiger partial charge in [-0.15, -0.1) is 0 Å². The molecule has 0 fully saturated rings. The Morgan fingerprint density at radius 1 is 0.906 bits per heavy atom. The van der Waals surface area contributed by atoms with Gasteiger partial charge in [0.15, 0.2) is 17.5 Å². The van der Waals surface area contributed by atoms with Gasteiger partial charge >= 0.3 is 0 Å². The van der Waals surface area contributed by atoms with Crippen molar-refractivity contribution in [1.29, 1.82) is 5.26 Å². The van der Waals surface area contributed by atoms with E-state index in [1.165, 1.54) is 0 Å². The highest BCUT2D eigenvalue weighted by Gasteiger charge is 2.35. The SMILES string of the molecule is COc1ccc(C2=NN([C@H](C#N)c3ccc(OC)c(OC)c3)[C@@H](c3ccccc3)C2)cc1. The van der Waals surface area contributed by atoms with Crippen LogP contribution in [0.1, 0.15) is 35.2 Å². The fourth-order valence-corrected chi connectivity index (χ4v) is 3.98. The molecule has 1 aliphatic rings. The van der Waals surface area contributed by atoms with E-state index < -0.39 is 6.04 Å². The predicted molar refractivity (Wildman–Crippen MR) is 123 cm³/mol. The molecule has 6 heteroatoms. The lowest BCUT2D eigenvalue weighted by molar-refractivity contribution is 0.196. The van der Waals surface area contributed by atoms with E-state index in [0.717, 1.165) is 28.2 Å². The molecule has 3 aromatic rings. The zero-order valence-electron chi connectivity index (χ0n) is 18.4. The quantitative estimate of drug-likeness (QED) is 0.523. The Morgan fingerprint density at radius 2 is 1.62 bits per heavy atom. The summed E-state index contributed by atoms with van der Waals surface area (Å²) >= 11 is 0. The highest BCUT2D eigenvalue weighted by atomic mass is 16.5. The minimum atomic E-state index is -0.587. The van der Waals surface area contributed by atoms with Crippen LogP contribution < -0.4 is 14.2 Å². The normalized spacial score (nSPS) is 16.1. The number of rotatable bonds is 7. The molecule has 0 saturated heterocycles. The average Bonchev–Trinajstić information content (AvgIpc) is 3.30. The van der Waals surface area contributed by atoms with Crippen LogP contribution >= 0.6 is 0 Å². The van der Waals surface area contributed by atoms with Gasteiger partial charge in [0.2, 0.25) is 0 Å². The van der Waals surface area contributed by atoms with Gasteiger partial charge in [-0.05, 0) is 53.1 Å². The topological polar surface area (TPSA) is 67.1 Å². The highest BCUT2D eigenvalue weighted by Crippen LogP contribution is 2.40. The Labute approximate surface area is 188 Å². The Balaban J connectivity index is 1.75. The van der Waals surface area contributed by atoms with E-state index in [1.54, 1.807) is 21.3 Å². The first-order valence-corrected chi connectivity index (χ1v) is 10.3. The maximum absolute atomic E-state index is 10.2. The Kier molecular flexibility index (Phi) is 6.27. The zero-order valence-corrected chi connectivity index (χ0v) is 18.4.